The average molecular weight is 399 g/mol. The van der Waals surface area contributed by atoms with Crippen LogP contribution < -0.4 is 10.1 Å². The van der Waals surface area contributed by atoms with Crippen molar-refractivity contribution in [2.24, 2.45) is 5.92 Å². The number of hydrogen-bond donors (Lipinski definition) is 2. The molecule has 0 radical (unpaired) electrons. The predicted octanol–water partition coefficient (Wildman–Crippen LogP) is 3.23. The maximum absolute atomic E-state index is 12.2. The quantitative estimate of drug-likeness (QED) is 0.544. The summed E-state index contributed by atoms with van der Waals surface area (Å²) in [6, 6.07) is 3.14. The van der Waals surface area contributed by atoms with Gasteiger partial charge in [0.2, 0.25) is 0 Å². The van der Waals surface area contributed by atoms with Crippen molar-refractivity contribution < 1.29 is 19.0 Å². The van der Waals surface area contributed by atoms with Crippen LogP contribution in [0.25, 0.3) is 0 Å². The zero-order valence-corrected chi connectivity index (χ0v) is 15.5. The third-order valence-electron chi connectivity index (χ3n) is 4.23. The van der Waals surface area contributed by atoms with Gasteiger partial charge in [0.25, 0.3) is 0 Å². The Balaban J connectivity index is 2.20. The van der Waals surface area contributed by atoms with Crippen LogP contribution in [0.3, 0.4) is 0 Å². The van der Waals surface area contributed by atoms with E-state index in [0.29, 0.717) is 33.8 Å². The first-order chi connectivity index (χ1) is 11.6. The summed E-state index contributed by atoms with van der Waals surface area (Å²) in [5.74, 6) is 0.753. The zero-order valence-electron chi connectivity index (χ0n) is 13.9. The van der Waals surface area contributed by atoms with Gasteiger partial charge in [0.15, 0.2) is 0 Å². The van der Waals surface area contributed by atoms with E-state index in [2.05, 4.69) is 21.2 Å². The van der Waals surface area contributed by atoms with E-state index >= 15 is 0 Å². The molecule has 0 aromatic heterocycles. The fourth-order valence-electron chi connectivity index (χ4n) is 2.86. The summed E-state index contributed by atoms with van der Waals surface area (Å²) < 4.78 is 16.3. The monoisotopic (exact) mass is 398 g/mol. The average Bonchev–Trinajstić information content (AvgIpc) is 2.61. The number of benzene rings is 1. The second-order valence-corrected chi connectivity index (χ2v) is 6.49. The molecule has 1 aromatic carbocycles. The number of rotatable bonds is 7. The lowest BCUT2D eigenvalue weighted by molar-refractivity contribution is -0.142. The molecule has 0 spiro atoms. The Labute approximate surface area is 150 Å². The lowest BCUT2D eigenvalue weighted by Gasteiger charge is -2.27. The van der Waals surface area contributed by atoms with Crippen LogP contribution in [0.4, 0.5) is 5.69 Å². The Morgan fingerprint density at radius 1 is 1.46 bits per heavy atom. The third-order valence-corrected chi connectivity index (χ3v) is 5.05. The predicted molar refractivity (Wildman–Crippen MR) is 96.2 cm³/mol. The molecule has 1 heterocycles. The molecule has 0 aliphatic carbocycles. The molecule has 1 fully saturated rings. The van der Waals surface area contributed by atoms with Gasteiger partial charge >= 0.3 is 5.97 Å². The van der Waals surface area contributed by atoms with Gasteiger partial charge in [0.05, 0.1) is 18.7 Å². The van der Waals surface area contributed by atoms with Crippen molar-refractivity contribution in [3.05, 3.63) is 22.2 Å². The van der Waals surface area contributed by atoms with Crippen LogP contribution in [-0.4, -0.2) is 45.7 Å². The van der Waals surface area contributed by atoms with E-state index in [1.807, 2.05) is 6.07 Å². The van der Waals surface area contributed by atoms with Crippen LogP contribution in [0, 0.1) is 11.3 Å². The fraction of sp³-hybridized carbons (Fsp3) is 0.529. The number of anilines is 1. The lowest BCUT2D eigenvalue weighted by atomic mass is 9.92. The van der Waals surface area contributed by atoms with Crippen molar-refractivity contribution in [2.75, 3.05) is 32.8 Å². The molecule has 7 heteroatoms. The summed E-state index contributed by atoms with van der Waals surface area (Å²) in [5, 5.41) is 10.9. The van der Waals surface area contributed by atoms with Crippen LogP contribution in [0.1, 0.15) is 24.8 Å². The highest BCUT2D eigenvalue weighted by Crippen LogP contribution is 2.33. The van der Waals surface area contributed by atoms with Crippen LogP contribution in [0.2, 0.25) is 0 Å². The van der Waals surface area contributed by atoms with E-state index in [4.69, 9.17) is 19.6 Å². The number of ether oxygens (including phenoxy) is 3. The summed E-state index contributed by atoms with van der Waals surface area (Å²) in [5.41, 5.74) is 1.33. The van der Waals surface area contributed by atoms with Gasteiger partial charge in [0.1, 0.15) is 11.8 Å². The molecule has 1 saturated heterocycles. The SMILES string of the molecule is COC(=O)C(CC1CCOCC1)Nc1ccc(OC)c(Br)c1C=N. The molecule has 1 aliphatic heterocycles. The number of esters is 1. The molecule has 0 amide bonds. The second kappa shape index (κ2) is 9.03. The maximum atomic E-state index is 12.2. The number of carbonyl (C=O) groups is 1. The first-order valence-electron chi connectivity index (χ1n) is 7.89. The van der Waals surface area contributed by atoms with Gasteiger partial charge in [-0.3, -0.25) is 0 Å². The zero-order chi connectivity index (χ0) is 17.5. The van der Waals surface area contributed by atoms with E-state index in [9.17, 15) is 4.79 Å². The van der Waals surface area contributed by atoms with E-state index in [1.165, 1.54) is 13.3 Å². The summed E-state index contributed by atoms with van der Waals surface area (Å²) in [6.45, 7) is 1.47. The minimum absolute atomic E-state index is 0.302. The molecule has 2 rings (SSSR count). The summed E-state index contributed by atoms with van der Waals surface area (Å²) >= 11 is 3.45. The Bertz CT molecular complexity index is 588. The Hall–Kier alpha value is -1.60. The Kier molecular flexibility index (Phi) is 7.05. The molecule has 1 aromatic rings. The fourth-order valence-corrected chi connectivity index (χ4v) is 3.48. The minimum Gasteiger partial charge on any atom is -0.496 e. The van der Waals surface area contributed by atoms with Gasteiger partial charge in [-0.05, 0) is 53.2 Å². The number of nitrogens with one attached hydrogen (secondary N) is 2. The van der Waals surface area contributed by atoms with E-state index in [0.717, 1.165) is 26.1 Å². The molecule has 24 heavy (non-hydrogen) atoms. The molecule has 1 unspecified atom stereocenters. The molecular formula is C17H23BrN2O4. The molecular weight excluding hydrogens is 376 g/mol. The van der Waals surface area contributed by atoms with Crippen molar-refractivity contribution in [3.8, 4) is 5.75 Å². The van der Waals surface area contributed by atoms with Crippen molar-refractivity contribution in [2.45, 2.75) is 25.3 Å². The minimum atomic E-state index is -0.461. The smallest absolute Gasteiger partial charge is 0.328 e. The largest absolute Gasteiger partial charge is 0.496 e. The van der Waals surface area contributed by atoms with Crippen molar-refractivity contribution in [1.29, 1.82) is 5.41 Å². The molecule has 6 nitrogen and oxygen atoms in total. The van der Waals surface area contributed by atoms with Crippen molar-refractivity contribution in [1.82, 2.24) is 0 Å². The highest BCUT2D eigenvalue weighted by atomic mass is 79.9. The van der Waals surface area contributed by atoms with Gasteiger partial charge < -0.3 is 24.9 Å². The van der Waals surface area contributed by atoms with Crippen LogP contribution in [0.5, 0.6) is 5.75 Å². The number of hydrogen-bond acceptors (Lipinski definition) is 6. The van der Waals surface area contributed by atoms with Crippen LogP contribution >= 0.6 is 15.9 Å². The van der Waals surface area contributed by atoms with Gasteiger partial charge in [-0.1, -0.05) is 0 Å². The maximum Gasteiger partial charge on any atom is 0.328 e. The second-order valence-electron chi connectivity index (χ2n) is 5.70. The first kappa shape index (κ1) is 18.7. The number of halogens is 1. The van der Waals surface area contributed by atoms with Gasteiger partial charge in [-0.2, -0.15) is 0 Å². The topological polar surface area (TPSA) is 80.6 Å². The highest BCUT2D eigenvalue weighted by molar-refractivity contribution is 9.10. The Morgan fingerprint density at radius 3 is 2.75 bits per heavy atom. The standard InChI is InChI=1S/C17H23BrN2O4/c1-22-15-4-3-13(12(10-19)16(15)18)20-14(17(21)23-2)9-11-5-7-24-8-6-11/h3-4,10-11,14,19-20H,5-9H2,1-2H3. The van der Waals surface area contributed by atoms with Crippen molar-refractivity contribution in [3.63, 3.8) is 0 Å². The molecule has 0 bridgehead atoms. The number of carbonyl (C=O) groups excluding carboxylic acids is 1. The summed E-state index contributed by atoms with van der Waals surface area (Å²) in [6.07, 6.45) is 3.80. The third kappa shape index (κ3) is 4.48. The molecule has 0 saturated carbocycles. The Morgan fingerprint density at radius 2 is 2.17 bits per heavy atom. The molecule has 1 aliphatic rings. The molecule has 2 N–H and O–H groups in total. The van der Waals surface area contributed by atoms with Gasteiger partial charge in [0, 0.05) is 30.7 Å². The van der Waals surface area contributed by atoms with Crippen molar-refractivity contribution >= 4 is 33.8 Å². The number of methoxy groups -OCH3 is 2. The van der Waals surface area contributed by atoms with Gasteiger partial charge in [-0.15, -0.1) is 0 Å². The molecule has 1 atom stereocenters. The van der Waals surface area contributed by atoms with E-state index < -0.39 is 6.04 Å². The molecule has 132 valence electrons. The van der Waals surface area contributed by atoms with E-state index in [1.54, 1.807) is 13.2 Å². The summed E-state index contributed by atoms with van der Waals surface area (Å²) in [4.78, 5) is 12.2. The first-order valence-corrected chi connectivity index (χ1v) is 8.69. The highest BCUT2D eigenvalue weighted by Gasteiger charge is 2.26. The van der Waals surface area contributed by atoms with E-state index in [-0.39, 0.29) is 5.97 Å². The van der Waals surface area contributed by atoms with Crippen LogP contribution in [0.15, 0.2) is 16.6 Å². The van der Waals surface area contributed by atoms with Gasteiger partial charge in [-0.25, -0.2) is 4.79 Å². The van der Waals surface area contributed by atoms with Crippen LogP contribution in [-0.2, 0) is 14.3 Å². The lowest BCUT2D eigenvalue weighted by Crippen LogP contribution is -2.34. The normalized spacial score (nSPS) is 16.3. The summed E-state index contributed by atoms with van der Waals surface area (Å²) in [7, 11) is 2.96.